The molecule has 0 saturated carbocycles. The summed E-state index contributed by atoms with van der Waals surface area (Å²) in [7, 11) is 2.17. The Morgan fingerprint density at radius 3 is 3.06 bits per heavy atom. The van der Waals surface area contributed by atoms with Crippen LogP contribution in [0.3, 0.4) is 0 Å². The molecule has 0 amide bonds. The van der Waals surface area contributed by atoms with Gasteiger partial charge in [-0.1, -0.05) is 24.3 Å². The van der Waals surface area contributed by atoms with Gasteiger partial charge in [0.15, 0.2) is 0 Å². The van der Waals surface area contributed by atoms with Gasteiger partial charge < -0.3 is 15.7 Å². The van der Waals surface area contributed by atoms with E-state index in [0.29, 0.717) is 5.92 Å². The van der Waals surface area contributed by atoms with Crippen molar-refractivity contribution in [2.24, 2.45) is 5.73 Å². The Hall–Kier alpha value is -0.900. The molecule has 1 heterocycles. The van der Waals surface area contributed by atoms with Gasteiger partial charge in [-0.25, -0.2) is 0 Å². The molecule has 0 aliphatic carbocycles. The predicted molar refractivity (Wildman–Crippen MR) is 69.9 cm³/mol. The maximum atomic E-state index is 9.77. The summed E-state index contributed by atoms with van der Waals surface area (Å²) in [5.41, 5.74) is 7.77. The molecule has 1 aromatic carbocycles. The van der Waals surface area contributed by atoms with Crippen LogP contribution in [0.15, 0.2) is 24.3 Å². The lowest BCUT2D eigenvalue weighted by molar-refractivity contribution is 0.186. The Kier molecular flexibility index (Phi) is 4.15. The highest BCUT2D eigenvalue weighted by atomic mass is 16.3. The highest BCUT2D eigenvalue weighted by Crippen LogP contribution is 2.27. The van der Waals surface area contributed by atoms with Gasteiger partial charge >= 0.3 is 0 Å². The number of aliphatic hydroxyl groups excluding tert-OH is 1. The summed E-state index contributed by atoms with van der Waals surface area (Å²) in [6, 6.07) is 8.25. The van der Waals surface area contributed by atoms with E-state index in [9.17, 15) is 5.11 Å². The van der Waals surface area contributed by atoms with E-state index in [1.54, 1.807) is 0 Å². The second kappa shape index (κ2) is 5.63. The number of piperidine rings is 1. The van der Waals surface area contributed by atoms with Gasteiger partial charge in [-0.3, -0.25) is 0 Å². The molecule has 2 atom stereocenters. The Morgan fingerprint density at radius 2 is 2.35 bits per heavy atom. The van der Waals surface area contributed by atoms with Crippen molar-refractivity contribution in [1.82, 2.24) is 4.90 Å². The molecule has 1 saturated heterocycles. The Labute approximate surface area is 103 Å². The molecule has 0 aromatic heterocycles. The largest absolute Gasteiger partial charge is 0.387 e. The van der Waals surface area contributed by atoms with Crippen LogP contribution in [-0.4, -0.2) is 36.7 Å². The molecule has 1 aliphatic heterocycles. The van der Waals surface area contributed by atoms with Gasteiger partial charge in [-0.2, -0.15) is 0 Å². The van der Waals surface area contributed by atoms with Gasteiger partial charge in [-0.05, 0) is 43.5 Å². The molecule has 0 bridgehead atoms. The molecule has 0 spiro atoms. The summed E-state index contributed by atoms with van der Waals surface area (Å²) in [5.74, 6) is 0.596. The molecule has 2 rings (SSSR count). The molecular weight excluding hydrogens is 212 g/mol. The van der Waals surface area contributed by atoms with Crippen molar-refractivity contribution in [3.63, 3.8) is 0 Å². The van der Waals surface area contributed by atoms with Crippen molar-refractivity contribution < 1.29 is 5.11 Å². The number of hydrogen-bond acceptors (Lipinski definition) is 3. The third kappa shape index (κ3) is 3.06. The Bertz CT molecular complexity index is 367. The van der Waals surface area contributed by atoms with Gasteiger partial charge in [0.2, 0.25) is 0 Å². The molecule has 1 aliphatic rings. The number of nitrogens with zero attached hydrogens (tertiary/aromatic N) is 1. The topological polar surface area (TPSA) is 49.5 Å². The Balaban J connectivity index is 2.15. The molecule has 94 valence electrons. The van der Waals surface area contributed by atoms with Crippen LogP contribution < -0.4 is 5.73 Å². The number of likely N-dealkylation sites (N-methyl/N-ethyl adjacent to an activating group) is 1. The fourth-order valence-corrected chi connectivity index (χ4v) is 2.59. The van der Waals surface area contributed by atoms with Crippen LogP contribution >= 0.6 is 0 Å². The summed E-state index contributed by atoms with van der Waals surface area (Å²) in [5, 5.41) is 9.77. The first-order valence-corrected chi connectivity index (χ1v) is 6.37. The number of rotatable bonds is 3. The highest BCUT2D eigenvalue weighted by Gasteiger charge is 2.19. The molecule has 17 heavy (non-hydrogen) atoms. The van der Waals surface area contributed by atoms with E-state index < -0.39 is 6.10 Å². The van der Waals surface area contributed by atoms with Crippen LogP contribution in [0.4, 0.5) is 0 Å². The van der Waals surface area contributed by atoms with Crippen molar-refractivity contribution in [3.8, 4) is 0 Å². The summed E-state index contributed by atoms with van der Waals surface area (Å²) >= 11 is 0. The van der Waals surface area contributed by atoms with E-state index in [0.717, 1.165) is 12.1 Å². The summed E-state index contributed by atoms with van der Waals surface area (Å²) in [6.45, 7) is 2.60. The van der Waals surface area contributed by atoms with Gasteiger partial charge in [0.25, 0.3) is 0 Å². The van der Waals surface area contributed by atoms with Gasteiger partial charge in [0, 0.05) is 13.1 Å². The minimum Gasteiger partial charge on any atom is -0.387 e. The first-order chi connectivity index (χ1) is 8.20. The molecule has 3 heteroatoms. The van der Waals surface area contributed by atoms with Gasteiger partial charge in [0.1, 0.15) is 0 Å². The molecule has 0 radical (unpaired) electrons. The lowest BCUT2D eigenvalue weighted by Crippen LogP contribution is -2.30. The van der Waals surface area contributed by atoms with E-state index in [1.165, 1.54) is 24.9 Å². The minimum atomic E-state index is -0.531. The van der Waals surface area contributed by atoms with Crippen LogP contribution in [0, 0.1) is 0 Å². The van der Waals surface area contributed by atoms with E-state index in [2.05, 4.69) is 24.1 Å². The van der Waals surface area contributed by atoms with E-state index in [-0.39, 0.29) is 6.54 Å². The average Bonchev–Trinajstić information content (AvgIpc) is 2.38. The predicted octanol–water partition coefficient (Wildman–Crippen LogP) is 1.49. The SMILES string of the molecule is CN1CCCC(c2cccc(C(O)CN)c2)C1. The van der Waals surface area contributed by atoms with Crippen molar-refractivity contribution in [2.75, 3.05) is 26.7 Å². The zero-order valence-corrected chi connectivity index (χ0v) is 10.5. The van der Waals surface area contributed by atoms with Crippen LogP contribution in [-0.2, 0) is 0 Å². The maximum absolute atomic E-state index is 9.77. The summed E-state index contributed by atoms with van der Waals surface area (Å²) in [4.78, 5) is 2.38. The lowest BCUT2D eigenvalue weighted by atomic mass is 9.89. The van der Waals surface area contributed by atoms with Crippen molar-refractivity contribution >= 4 is 0 Å². The van der Waals surface area contributed by atoms with E-state index in [1.807, 2.05) is 12.1 Å². The standard InChI is InChI=1S/C14H22N2O/c1-16-7-3-6-13(10-16)11-4-2-5-12(8-11)14(17)9-15/h2,4-5,8,13-14,17H,3,6-7,9-10,15H2,1H3. The average molecular weight is 234 g/mol. The number of aliphatic hydroxyl groups is 1. The van der Waals surface area contributed by atoms with E-state index in [4.69, 9.17) is 5.73 Å². The van der Waals surface area contributed by atoms with Crippen molar-refractivity contribution in [3.05, 3.63) is 35.4 Å². The number of nitrogens with two attached hydrogens (primary N) is 1. The quantitative estimate of drug-likeness (QED) is 0.833. The third-order valence-electron chi connectivity index (χ3n) is 3.61. The summed E-state index contributed by atoms with van der Waals surface area (Å²) in [6.07, 6.45) is 1.97. The smallest absolute Gasteiger partial charge is 0.0912 e. The number of likely N-dealkylation sites (tertiary alicyclic amines) is 1. The van der Waals surface area contributed by atoms with Gasteiger partial charge in [0.05, 0.1) is 6.10 Å². The zero-order chi connectivity index (χ0) is 12.3. The molecule has 1 aromatic rings. The van der Waals surface area contributed by atoms with Crippen molar-refractivity contribution in [2.45, 2.75) is 24.9 Å². The van der Waals surface area contributed by atoms with Crippen LogP contribution in [0.2, 0.25) is 0 Å². The second-order valence-corrected chi connectivity index (χ2v) is 5.02. The first kappa shape index (κ1) is 12.6. The van der Waals surface area contributed by atoms with Crippen LogP contribution in [0.25, 0.3) is 0 Å². The van der Waals surface area contributed by atoms with Crippen LogP contribution in [0.1, 0.15) is 36.0 Å². The highest BCUT2D eigenvalue weighted by molar-refractivity contribution is 5.28. The number of hydrogen-bond donors (Lipinski definition) is 2. The Morgan fingerprint density at radius 1 is 1.53 bits per heavy atom. The lowest BCUT2D eigenvalue weighted by Gasteiger charge is -2.30. The third-order valence-corrected chi connectivity index (χ3v) is 3.61. The molecule has 2 unspecified atom stereocenters. The fraction of sp³-hybridized carbons (Fsp3) is 0.571. The fourth-order valence-electron chi connectivity index (χ4n) is 2.59. The molecule has 3 nitrogen and oxygen atoms in total. The molecule has 3 N–H and O–H groups in total. The van der Waals surface area contributed by atoms with E-state index >= 15 is 0 Å². The van der Waals surface area contributed by atoms with Crippen LogP contribution in [0.5, 0.6) is 0 Å². The molecule has 1 fully saturated rings. The first-order valence-electron chi connectivity index (χ1n) is 6.37. The zero-order valence-electron chi connectivity index (χ0n) is 10.5. The monoisotopic (exact) mass is 234 g/mol. The van der Waals surface area contributed by atoms with Gasteiger partial charge in [-0.15, -0.1) is 0 Å². The molecular formula is C14H22N2O. The number of benzene rings is 1. The second-order valence-electron chi connectivity index (χ2n) is 5.02. The minimum absolute atomic E-state index is 0.286. The summed E-state index contributed by atoms with van der Waals surface area (Å²) < 4.78 is 0. The normalized spacial score (nSPS) is 23.6. The van der Waals surface area contributed by atoms with Crippen molar-refractivity contribution in [1.29, 1.82) is 0 Å². The maximum Gasteiger partial charge on any atom is 0.0912 e.